The minimum atomic E-state index is -4.86. The fourth-order valence-electron chi connectivity index (χ4n) is 3.63. The molecule has 1 fully saturated rings. The number of carbonyl (C=O) groups is 2. The molecule has 0 saturated carbocycles. The highest BCUT2D eigenvalue weighted by Gasteiger charge is 2.35. The lowest BCUT2D eigenvalue weighted by atomic mass is 10.1. The minimum Gasteiger partial charge on any atom is -0.353 e. The molecule has 0 radical (unpaired) electrons. The largest absolute Gasteiger partial charge is 0.421 e. The van der Waals surface area contributed by atoms with E-state index in [1.165, 1.54) is 18.3 Å². The lowest BCUT2D eigenvalue weighted by Gasteiger charge is -2.23. The maximum atomic E-state index is 13.0. The van der Waals surface area contributed by atoms with Gasteiger partial charge in [-0.05, 0) is 68.1 Å². The molecule has 13 heteroatoms. The van der Waals surface area contributed by atoms with Crippen LogP contribution in [0.5, 0.6) is 0 Å². The Morgan fingerprint density at radius 1 is 1.21 bits per heavy atom. The summed E-state index contributed by atoms with van der Waals surface area (Å²) < 4.78 is 50.6. The number of hydrogen-bond acceptors (Lipinski definition) is 8. The Kier molecular flexibility index (Phi) is 10.4. The fraction of sp³-hybridized carbons (Fsp3) is 0.308. The Morgan fingerprint density at radius 2 is 1.97 bits per heavy atom. The van der Waals surface area contributed by atoms with Gasteiger partial charge >= 0.3 is 12.1 Å². The minimum absolute atomic E-state index is 0.000868. The highest BCUT2D eigenvalue weighted by Crippen LogP contribution is 2.26. The molecule has 1 N–H and O–H groups in total. The Hall–Kier alpha value is -3.58. The van der Waals surface area contributed by atoms with Crippen LogP contribution < -0.4 is 5.56 Å². The van der Waals surface area contributed by atoms with Crippen molar-refractivity contribution < 1.29 is 42.4 Å². The van der Waals surface area contributed by atoms with E-state index in [4.69, 9.17) is 26.3 Å². The summed E-state index contributed by atoms with van der Waals surface area (Å²) in [6.07, 6.45) is -0.274. The van der Waals surface area contributed by atoms with E-state index in [0.29, 0.717) is 33.4 Å². The molecule has 1 saturated heterocycles. The highest BCUT2D eigenvalue weighted by atomic mass is 35.5. The normalized spacial score (nSPS) is 15.2. The molecule has 208 valence electrons. The molecule has 1 aliphatic heterocycles. The van der Waals surface area contributed by atoms with Gasteiger partial charge in [0.15, 0.2) is 6.29 Å². The smallest absolute Gasteiger partial charge is 0.353 e. The van der Waals surface area contributed by atoms with E-state index < -0.39 is 35.5 Å². The van der Waals surface area contributed by atoms with Crippen LogP contribution in [0.15, 0.2) is 59.7 Å². The zero-order chi connectivity index (χ0) is 28.6. The first-order chi connectivity index (χ1) is 18.5. The molecule has 39 heavy (non-hydrogen) atoms. The number of pyridine rings is 2. The number of hydrogen-bond donors (Lipinski definition) is 1. The van der Waals surface area contributed by atoms with Crippen LogP contribution in [0, 0.1) is 6.92 Å². The van der Waals surface area contributed by atoms with Crippen molar-refractivity contribution in [1.29, 1.82) is 0 Å². The first-order valence-corrected chi connectivity index (χ1v) is 12.0. The predicted octanol–water partition coefficient (Wildman–Crippen LogP) is 5.27. The molecule has 3 aromatic rings. The van der Waals surface area contributed by atoms with E-state index in [-0.39, 0.29) is 17.9 Å². The molecular formula is C26H24ClF3N2O7. The number of ether oxygens (including phenoxy) is 2. The van der Waals surface area contributed by atoms with Crippen molar-refractivity contribution >= 4 is 23.5 Å². The quantitative estimate of drug-likeness (QED) is 0.327. The van der Waals surface area contributed by atoms with Gasteiger partial charge in [0.2, 0.25) is 0 Å². The molecule has 4 rings (SSSR count). The van der Waals surface area contributed by atoms with Crippen LogP contribution in [-0.4, -0.2) is 39.6 Å². The molecule has 1 unspecified atom stereocenters. The summed E-state index contributed by atoms with van der Waals surface area (Å²) in [5.41, 5.74) is -1.67. The van der Waals surface area contributed by atoms with Crippen molar-refractivity contribution in [2.45, 2.75) is 45.3 Å². The van der Waals surface area contributed by atoms with Gasteiger partial charge in [-0.2, -0.15) is 18.4 Å². The van der Waals surface area contributed by atoms with Crippen LogP contribution >= 0.6 is 11.6 Å². The number of alkyl halides is 3. The van der Waals surface area contributed by atoms with Gasteiger partial charge < -0.3 is 9.47 Å². The number of nitrogens with zero attached hydrogens (tertiary/aromatic N) is 2. The predicted molar refractivity (Wildman–Crippen MR) is 132 cm³/mol. The first-order valence-electron chi connectivity index (χ1n) is 11.7. The van der Waals surface area contributed by atoms with Crippen molar-refractivity contribution in [3.05, 3.63) is 98.2 Å². The second kappa shape index (κ2) is 13.5. The Bertz CT molecular complexity index is 1370. The van der Waals surface area contributed by atoms with Crippen LogP contribution in [-0.2, 0) is 27.1 Å². The summed E-state index contributed by atoms with van der Waals surface area (Å²) in [4.78, 5) is 43.1. The third-order valence-corrected chi connectivity index (χ3v) is 5.89. The summed E-state index contributed by atoms with van der Waals surface area (Å²) in [5, 5.41) is 8.41. The molecule has 1 atom stereocenters. The van der Waals surface area contributed by atoms with Gasteiger partial charge in [-0.1, -0.05) is 17.7 Å². The zero-order valence-electron chi connectivity index (χ0n) is 20.6. The van der Waals surface area contributed by atoms with Gasteiger partial charge in [-0.3, -0.25) is 19.5 Å². The number of aromatic nitrogens is 2. The van der Waals surface area contributed by atoms with Gasteiger partial charge in [0, 0.05) is 29.6 Å². The van der Waals surface area contributed by atoms with E-state index in [2.05, 4.69) is 9.87 Å². The van der Waals surface area contributed by atoms with Crippen molar-refractivity contribution in [2.75, 3.05) is 6.61 Å². The second-order valence-corrected chi connectivity index (χ2v) is 8.79. The number of benzene rings is 1. The Morgan fingerprint density at radius 3 is 2.62 bits per heavy atom. The molecule has 0 aliphatic carbocycles. The molecule has 0 spiro atoms. The summed E-state index contributed by atoms with van der Waals surface area (Å²) in [7, 11) is 0. The maximum absolute atomic E-state index is 13.0. The summed E-state index contributed by atoms with van der Waals surface area (Å²) in [6, 6.07) is 9.41. The molecule has 1 aliphatic rings. The van der Waals surface area contributed by atoms with E-state index in [0.717, 1.165) is 31.5 Å². The average Bonchev–Trinajstić information content (AvgIpc) is 2.92. The van der Waals surface area contributed by atoms with Crippen molar-refractivity contribution in [2.24, 2.45) is 0 Å². The lowest BCUT2D eigenvalue weighted by molar-refractivity contribution is -0.182. The van der Waals surface area contributed by atoms with Crippen molar-refractivity contribution in [3.8, 4) is 0 Å². The zero-order valence-corrected chi connectivity index (χ0v) is 21.4. The SMILES string of the molecule is Cc1ccnc(C(=O)n2cccc(C(F)(F)F)c2=O)c1COC1CCCCO1.O=C(OO)c1cccc(Cl)c1. The van der Waals surface area contributed by atoms with Gasteiger partial charge in [-0.15, -0.1) is 0 Å². The standard InChI is InChI=1S/C19H19F3N2O4.C7H5ClO3/c1-12-7-8-23-16(13(12)11-28-15-6-2-3-10-27-15)18(26)24-9-4-5-14(17(24)25)19(20,21)22;8-6-3-1-2-5(4-6)7(9)11-10/h4-5,7-9,15H,2-3,6,10-11H2,1H3;1-4,10H. The van der Waals surface area contributed by atoms with E-state index >= 15 is 0 Å². The molecular weight excluding hydrogens is 545 g/mol. The second-order valence-electron chi connectivity index (χ2n) is 8.35. The van der Waals surface area contributed by atoms with Gasteiger partial charge in [-0.25, -0.2) is 9.36 Å². The summed E-state index contributed by atoms with van der Waals surface area (Å²) >= 11 is 5.56. The first kappa shape index (κ1) is 30.0. The van der Waals surface area contributed by atoms with Crippen LogP contribution in [0.1, 0.15) is 56.8 Å². The molecule has 2 aromatic heterocycles. The highest BCUT2D eigenvalue weighted by molar-refractivity contribution is 6.30. The number of rotatable bonds is 5. The third-order valence-electron chi connectivity index (χ3n) is 5.66. The van der Waals surface area contributed by atoms with Crippen LogP contribution in [0.4, 0.5) is 13.2 Å². The third kappa shape index (κ3) is 7.96. The number of halogens is 4. The van der Waals surface area contributed by atoms with Crippen LogP contribution in [0.2, 0.25) is 5.02 Å². The van der Waals surface area contributed by atoms with Crippen molar-refractivity contribution in [1.82, 2.24) is 9.55 Å². The van der Waals surface area contributed by atoms with Gasteiger partial charge in [0.1, 0.15) is 11.3 Å². The Balaban J connectivity index is 0.000000320. The number of aryl methyl sites for hydroxylation is 1. The van der Waals surface area contributed by atoms with E-state index in [9.17, 15) is 27.6 Å². The lowest BCUT2D eigenvalue weighted by Crippen LogP contribution is -2.33. The molecule has 1 aromatic carbocycles. The maximum Gasteiger partial charge on any atom is 0.421 e. The Labute approximate surface area is 225 Å². The van der Waals surface area contributed by atoms with Gasteiger partial charge in [0.25, 0.3) is 11.5 Å². The van der Waals surface area contributed by atoms with E-state index in [1.54, 1.807) is 25.1 Å². The molecule has 0 bridgehead atoms. The summed E-state index contributed by atoms with van der Waals surface area (Å²) in [6.45, 7) is 2.31. The van der Waals surface area contributed by atoms with Crippen LogP contribution in [0.3, 0.4) is 0 Å². The molecule has 3 heterocycles. The fourth-order valence-corrected chi connectivity index (χ4v) is 3.82. The average molecular weight is 569 g/mol. The number of carbonyl (C=O) groups excluding carboxylic acids is 2. The van der Waals surface area contributed by atoms with Crippen LogP contribution in [0.25, 0.3) is 0 Å². The molecule has 9 nitrogen and oxygen atoms in total. The van der Waals surface area contributed by atoms with E-state index in [1.807, 2.05) is 0 Å². The topological polar surface area (TPSA) is 117 Å². The summed E-state index contributed by atoms with van der Waals surface area (Å²) in [5.74, 6) is -1.75. The van der Waals surface area contributed by atoms with Gasteiger partial charge in [0.05, 0.1) is 12.2 Å². The molecule has 0 amide bonds. The van der Waals surface area contributed by atoms with Crippen molar-refractivity contribution in [3.63, 3.8) is 0 Å². The monoisotopic (exact) mass is 568 g/mol.